The Bertz CT molecular complexity index is 677. The molecule has 6 nitrogen and oxygen atoms in total. The van der Waals surface area contributed by atoms with E-state index in [1.54, 1.807) is 10.9 Å². The fourth-order valence-corrected chi connectivity index (χ4v) is 1.90. The minimum atomic E-state index is 0.733. The number of nitrogens with zero attached hydrogens (tertiary/aromatic N) is 5. The molecule has 0 saturated carbocycles. The van der Waals surface area contributed by atoms with Crippen LogP contribution < -0.4 is 5.32 Å². The van der Waals surface area contributed by atoms with E-state index < -0.39 is 0 Å². The van der Waals surface area contributed by atoms with Crippen LogP contribution >= 0.6 is 0 Å². The SMILES string of the molecule is Cc1nc2ccccc2nc1NCCn1ccnn1. The zero-order valence-electron chi connectivity index (χ0n) is 10.6. The number of anilines is 1. The first-order valence-electron chi connectivity index (χ1n) is 6.14. The second-order valence-corrected chi connectivity index (χ2v) is 4.24. The molecule has 1 N–H and O–H groups in total. The summed E-state index contributed by atoms with van der Waals surface area (Å²) in [5, 5.41) is 11.0. The average molecular weight is 254 g/mol. The lowest BCUT2D eigenvalue weighted by Gasteiger charge is -2.09. The molecule has 0 atom stereocenters. The van der Waals surface area contributed by atoms with Crippen molar-refractivity contribution < 1.29 is 0 Å². The van der Waals surface area contributed by atoms with Crippen LogP contribution in [0.1, 0.15) is 5.69 Å². The maximum Gasteiger partial charge on any atom is 0.148 e. The molecule has 3 aromatic rings. The molecule has 6 heteroatoms. The Morgan fingerprint density at radius 1 is 1.16 bits per heavy atom. The topological polar surface area (TPSA) is 68.5 Å². The molecule has 0 spiro atoms. The first-order chi connectivity index (χ1) is 9.33. The van der Waals surface area contributed by atoms with Crippen molar-refractivity contribution in [1.29, 1.82) is 0 Å². The predicted molar refractivity (Wildman–Crippen MR) is 72.8 cm³/mol. The molecule has 0 saturated heterocycles. The van der Waals surface area contributed by atoms with Gasteiger partial charge in [0, 0.05) is 12.7 Å². The monoisotopic (exact) mass is 254 g/mol. The number of fused-ring (bicyclic) bond motifs is 1. The molecule has 0 aliphatic heterocycles. The molecule has 0 amide bonds. The van der Waals surface area contributed by atoms with Crippen molar-refractivity contribution >= 4 is 16.9 Å². The maximum atomic E-state index is 4.57. The largest absolute Gasteiger partial charge is 0.367 e. The van der Waals surface area contributed by atoms with Gasteiger partial charge in [0.05, 0.1) is 29.5 Å². The molecule has 2 heterocycles. The molecule has 0 aliphatic carbocycles. The molecular weight excluding hydrogens is 240 g/mol. The fourth-order valence-electron chi connectivity index (χ4n) is 1.90. The van der Waals surface area contributed by atoms with Gasteiger partial charge in [-0.2, -0.15) is 0 Å². The van der Waals surface area contributed by atoms with Crippen LogP contribution in [0.25, 0.3) is 11.0 Å². The van der Waals surface area contributed by atoms with Crippen molar-refractivity contribution in [1.82, 2.24) is 25.0 Å². The minimum absolute atomic E-state index is 0.733. The van der Waals surface area contributed by atoms with Crippen LogP contribution in [0.3, 0.4) is 0 Å². The van der Waals surface area contributed by atoms with Crippen molar-refractivity contribution in [2.45, 2.75) is 13.5 Å². The molecule has 1 aromatic carbocycles. The number of para-hydroxylation sites is 2. The van der Waals surface area contributed by atoms with E-state index in [2.05, 4.69) is 25.6 Å². The molecule has 0 aliphatic rings. The Kier molecular flexibility index (Phi) is 3.06. The Morgan fingerprint density at radius 2 is 1.95 bits per heavy atom. The summed E-state index contributed by atoms with van der Waals surface area (Å²) in [6, 6.07) is 7.86. The highest BCUT2D eigenvalue weighted by molar-refractivity contribution is 5.76. The summed E-state index contributed by atoms with van der Waals surface area (Å²) in [6.45, 7) is 3.43. The van der Waals surface area contributed by atoms with Crippen LogP contribution in [0.15, 0.2) is 36.7 Å². The van der Waals surface area contributed by atoms with Crippen LogP contribution in [0.2, 0.25) is 0 Å². The van der Waals surface area contributed by atoms with Gasteiger partial charge in [-0.05, 0) is 19.1 Å². The number of hydrogen-bond donors (Lipinski definition) is 1. The van der Waals surface area contributed by atoms with Crippen molar-refractivity contribution in [3.05, 3.63) is 42.4 Å². The summed E-state index contributed by atoms with van der Waals surface area (Å²) in [4.78, 5) is 9.11. The summed E-state index contributed by atoms with van der Waals surface area (Å²) >= 11 is 0. The van der Waals surface area contributed by atoms with E-state index in [-0.39, 0.29) is 0 Å². The van der Waals surface area contributed by atoms with E-state index in [1.807, 2.05) is 37.4 Å². The summed E-state index contributed by atoms with van der Waals surface area (Å²) in [5.74, 6) is 0.818. The van der Waals surface area contributed by atoms with Gasteiger partial charge in [0.15, 0.2) is 0 Å². The highest BCUT2D eigenvalue weighted by Crippen LogP contribution is 2.15. The van der Waals surface area contributed by atoms with Gasteiger partial charge in [-0.25, -0.2) is 9.97 Å². The second-order valence-electron chi connectivity index (χ2n) is 4.24. The number of nitrogens with one attached hydrogen (secondary N) is 1. The van der Waals surface area contributed by atoms with Crippen LogP contribution in [-0.2, 0) is 6.54 Å². The smallest absolute Gasteiger partial charge is 0.148 e. The Morgan fingerprint density at radius 3 is 2.68 bits per heavy atom. The lowest BCUT2D eigenvalue weighted by molar-refractivity contribution is 0.608. The Labute approximate surface area is 110 Å². The zero-order chi connectivity index (χ0) is 13.1. The van der Waals surface area contributed by atoms with Gasteiger partial charge in [0.2, 0.25) is 0 Å². The predicted octanol–water partition coefficient (Wildman–Crippen LogP) is 1.64. The lowest BCUT2D eigenvalue weighted by Crippen LogP contribution is -2.13. The van der Waals surface area contributed by atoms with Crippen molar-refractivity contribution in [2.24, 2.45) is 0 Å². The van der Waals surface area contributed by atoms with Gasteiger partial charge < -0.3 is 5.32 Å². The number of aryl methyl sites for hydroxylation is 1. The van der Waals surface area contributed by atoms with Crippen LogP contribution in [0.5, 0.6) is 0 Å². The van der Waals surface area contributed by atoms with E-state index in [0.717, 1.165) is 35.6 Å². The standard InChI is InChI=1S/C13H14N6/c1-10-13(14-6-8-19-9-7-15-18-19)17-12-5-3-2-4-11(12)16-10/h2-5,7,9H,6,8H2,1H3,(H,14,17). The average Bonchev–Trinajstić information content (AvgIpc) is 2.92. The number of rotatable bonds is 4. The van der Waals surface area contributed by atoms with Crippen LogP contribution in [0.4, 0.5) is 5.82 Å². The van der Waals surface area contributed by atoms with E-state index in [1.165, 1.54) is 0 Å². The number of hydrogen-bond acceptors (Lipinski definition) is 5. The molecule has 96 valence electrons. The van der Waals surface area contributed by atoms with Crippen molar-refractivity contribution in [3.63, 3.8) is 0 Å². The van der Waals surface area contributed by atoms with E-state index >= 15 is 0 Å². The van der Waals surface area contributed by atoms with Crippen molar-refractivity contribution in [3.8, 4) is 0 Å². The van der Waals surface area contributed by atoms with Crippen molar-refractivity contribution in [2.75, 3.05) is 11.9 Å². The Hall–Kier alpha value is -2.50. The molecule has 2 aromatic heterocycles. The third-order valence-corrected chi connectivity index (χ3v) is 2.85. The van der Waals surface area contributed by atoms with Gasteiger partial charge in [-0.15, -0.1) is 5.10 Å². The molecule has 0 radical (unpaired) electrons. The number of benzene rings is 1. The highest BCUT2D eigenvalue weighted by Gasteiger charge is 2.04. The summed E-state index contributed by atoms with van der Waals surface area (Å²) < 4.78 is 1.77. The van der Waals surface area contributed by atoms with Crippen LogP contribution in [-0.4, -0.2) is 31.5 Å². The van der Waals surface area contributed by atoms with Gasteiger partial charge in [-0.3, -0.25) is 4.68 Å². The third-order valence-electron chi connectivity index (χ3n) is 2.85. The molecule has 0 unspecified atom stereocenters. The number of aromatic nitrogens is 5. The molecular formula is C13H14N6. The molecule has 19 heavy (non-hydrogen) atoms. The first-order valence-corrected chi connectivity index (χ1v) is 6.14. The highest BCUT2D eigenvalue weighted by atomic mass is 15.4. The molecule has 3 rings (SSSR count). The van der Waals surface area contributed by atoms with E-state index in [0.29, 0.717) is 0 Å². The van der Waals surface area contributed by atoms with E-state index in [9.17, 15) is 0 Å². The zero-order valence-corrected chi connectivity index (χ0v) is 10.6. The van der Waals surface area contributed by atoms with Crippen LogP contribution in [0, 0.1) is 6.92 Å². The summed E-state index contributed by atoms with van der Waals surface area (Å²) in [6.07, 6.45) is 3.50. The summed E-state index contributed by atoms with van der Waals surface area (Å²) in [7, 11) is 0. The molecule has 0 fully saturated rings. The first kappa shape index (κ1) is 11.6. The Balaban J connectivity index is 1.75. The quantitative estimate of drug-likeness (QED) is 0.766. The molecule has 0 bridgehead atoms. The third kappa shape index (κ3) is 2.52. The second kappa shape index (κ2) is 5.01. The lowest BCUT2D eigenvalue weighted by atomic mass is 10.3. The van der Waals surface area contributed by atoms with Gasteiger partial charge in [-0.1, -0.05) is 17.3 Å². The van der Waals surface area contributed by atoms with Gasteiger partial charge in [0.1, 0.15) is 5.82 Å². The maximum absolute atomic E-state index is 4.57. The fraction of sp³-hybridized carbons (Fsp3) is 0.231. The minimum Gasteiger partial charge on any atom is -0.367 e. The summed E-state index contributed by atoms with van der Waals surface area (Å²) in [5.41, 5.74) is 2.72. The van der Waals surface area contributed by atoms with Gasteiger partial charge in [0.25, 0.3) is 0 Å². The normalized spacial score (nSPS) is 10.8. The van der Waals surface area contributed by atoms with E-state index in [4.69, 9.17) is 0 Å². The van der Waals surface area contributed by atoms with Gasteiger partial charge >= 0.3 is 0 Å².